The lowest BCUT2D eigenvalue weighted by Gasteiger charge is -2.29. The maximum absolute atomic E-state index is 13.2. The number of halogens is 1. The number of amides is 1. The van der Waals surface area contributed by atoms with E-state index in [-0.39, 0.29) is 24.5 Å². The van der Waals surface area contributed by atoms with Crippen molar-refractivity contribution in [2.24, 2.45) is 0 Å². The van der Waals surface area contributed by atoms with Crippen molar-refractivity contribution in [1.29, 1.82) is 0 Å². The topological polar surface area (TPSA) is 94.5 Å². The normalized spacial score (nSPS) is 12.4. The highest BCUT2D eigenvalue weighted by Gasteiger charge is 2.26. The van der Waals surface area contributed by atoms with Crippen LogP contribution in [0.2, 0.25) is 5.02 Å². The second kappa shape index (κ2) is 12.3. The highest BCUT2D eigenvalue weighted by Crippen LogP contribution is 2.34. The van der Waals surface area contributed by atoms with Gasteiger partial charge in [0.05, 0.1) is 10.6 Å². The molecule has 0 saturated carbocycles. The Kier molecular flexibility index (Phi) is 9.74. The molecule has 1 aliphatic heterocycles. The van der Waals surface area contributed by atoms with Gasteiger partial charge < -0.3 is 29.0 Å². The monoisotopic (exact) mass is 451 g/mol. The van der Waals surface area contributed by atoms with Gasteiger partial charge in [-0.15, -0.1) is 0 Å². The summed E-state index contributed by atoms with van der Waals surface area (Å²) in [6, 6.07) is 8.60. The van der Waals surface area contributed by atoms with Gasteiger partial charge in [0.25, 0.3) is 5.91 Å². The van der Waals surface area contributed by atoms with Crippen molar-refractivity contribution in [3.05, 3.63) is 57.6 Å². The molecule has 0 aliphatic carbocycles. The number of benzene rings is 2. The fraction of sp³-hybridized carbons (Fsp3) is 0.364. The number of carbonyl (C=O) groups is 2. The van der Waals surface area contributed by atoms with Crippen LogP contribution < -0.4 is 9.47 Å². The number of methoxy groups -OCH3 is 2. The minimum Gasteiger partial charge on any atom is -0.467 e. The smallest absolute Gasteiger partial charge is 0.257 e. The number of hydrogen-bond donors (Lipinski definition) is 1. The summed E-state index contributed by atoms with van der Waals surface area (Å²) in [6.45, 7) is 0.958. The number of aldehydes is 1. The van der Waals surface area contributed by atoms with E-state index in [0.29, 0.717) is 42.1 Å². The number of ether oxygens (including phenoxy) is 4. The van der Waals surface area contributed by atoms with Crippen LogP contribution in [0.15, 0.2) is 30.3 Å². The number of nitrogens with zero attached hydrogens (tertiary/aromatic N) is 1. The Morgan fingerprint density at radius 1 is 1.06 bits per heavy atom. The zero-order chi connectivity index (χ0) is 22.8. The fourth-order valence-corrected chi connectivity index (χ4v) is 3.38. The Bertz CT molecular complexity index is 904. The fourth-order valence-electron chi connectivity index (χ4n) is 3.17. The van der Waals surface area contributed by atoms with Crippen molar-refractivity contribution < 1.29 is 33.6 Å². The second-order valence-corrected chi connectivity index (χ2v) is 6.91. The zero-order valence-corrected chi connectivity index (χ0v) is 18.5. The number of rotatable bonds is 8. The molecular formula is C22H26ClNO7. The van der Waals surface area contributed by atoms with Crippen molar-refractivity contribution in [2.75, 3.05) is 41.5 Å². The maximum atomic E-state index is 13.2. The molecule has 0 radical (unpaired) electrons. The van der Waals surface area contributed by atoms with Crippen molar-refractivity contribution >= 4 is 23.8 Å². The summed E-state index contributed by atoms with van der Waals surface area (Å²) >= 11 is 6.30. The lowest BCUT2D eigenvalue weighted by Crippen LogP contribution is -2.36. The molecule has 3 rings (SSSR count). The Hall–Kier alpha value is -2.65. The quantitative estimate of drug-likeness (QED) is 0.487. The summed E-state index contributed by atoms with van der Waals surface area (Å²) in [7, 11) is 4.00. The van der Waals surface area contributed by atoms with Gasteiger partial charge in [-0.05, 0) is 29.7 Å². The number of aliphatic hydroxyl groups is 1. The minimum atomic E-state index is -0.207. The SMILES string of the molecule is CO.COCOc1cc(OCOC)c(C(=O)N2CCc3cc(C=O)ccc3C2)cc1Cl. The predicted molar refractivity (Wildman–Crippen MR) is 115 cm³/mol. The molecule has 8 nitrogen and oxygen atoms in total. The second-order valence-electron chi connectivity index (χ2n) is 6.50. The molecule has 0 bridgehead atoms. The minimum absolute atomic E-state index is 0.0163. The van der Waals surface area contributed by atoms with Crippen LogP contribution in [0.1, 0.15) is 31.8 Å². The molecule has 0 saturated heterocycles. The molecule has 1 amide bonds. The zero-order valence-electron chi connectivity index (χ0n) is 17.7. The Morgan fingerprint density at radius 3 is 2.39 bits per heavy atom. The first kappa shape index (κ1) is 24.6. The van der Waals surface area contributed by atoms with Crippen molar-refractivity contribution in [3.8, 4) is 11.5 Å². The first-order chi connectivity index (χ1) is 15.1. The molecule has 0 atom stereocenters. The molecular weight excluding hydrogens is 426 g/mol. The van der Waals surface area contributed by atoms with Crippen LogP contribution in [0.3, 0.4) is 0 Å². The van der Waals surface area contributed by atoms with Gasteiger partial charge in [0, 0.05) is 46.0 Å². The lowest BCUT2D eigenvalue weighted by atomic mass is 9.97. The number of fused-ring (bicyclic) bond motifs is 1. The molecule has 1 heterocycles. The summed E-state index contributed by atoms with van der Waals surface area (Å²) in [4.78, 5) is 25.9. The van der Waals surface area contributed by atoms with Gasteiger partial charge in [0.2, 0.25) is 0 Å². The molecule has 0 aromatic heterocycles. The average Bonchev–Trinajstić information content (AvgIpc) is 2.82. The van der Waals surface area contributed by atoms with E-state index in [1.165, 1.54) is 20.3 Å². The van der Waals surface area contributed by atoms with Crippen molar-refractivity contribution in [1.82, 2.24) is 4.90 Å². The predicted octanol–water partition coefficient (Wildman–Crippen LogP) is 2.92. The van der Waals surface area contributed by atoms with E-state index >= 15 is 0 Å². The molecule has 0 spiro atoms. The summed E-state index contributed by atoms with van der Waals surface area (Å²) in [6.07, 6.45) is 1.49. The number of aliphatic hydroxyl groups excluding tert-OH is 1. The number of hydrogen-bond acceptors (Lipinski definition) is 7. The molecule has 1 aliphatic rings. The van der Waals surface area contributed by atoms with E-state index < -0.39 is 0 Å². The van der Waals surface area contributed by atoms with Gasteiger partial charge in [0.1, 0.15) is 17.8 Å². The standard InChI is InChI=1S/C21H22ClNO6.CH4O/c1-26-12-28-19-9-20(29-13-27-2)18(22)8-17(19)21(25)23-6-5-15-7-14(11-24)3-4-16(15)10-23;1-2/h3-4,7-9,11H,5-6,10,12-13H2,1-2H3;2H,1H3. The first-order valence-corrected chi connectivity index (χ1v) is 9.83. The van der Waals surface area contributed by atoms with Crippen LogP contribution in [-0.4, -0.2) is 63.7 Å². The van der Waals surface area contributed by atoms with Gasteiger partial charge in [-0.1, -0.05) is 23.7 Å². The molecule has 2 aromatic rings. The molecule has 0 fully saturated rings. The largest absolute Gasteiger partial charge is 0.467 e. The molecule has 0 unspecified atom stereocenters. The van der Waals surface area contributed by atoms with Gasteiger partial charge >= 0.3 is 0 Å². The summed E-state index contributed by atoms with van der Waals surface area (Å²) in [5, 5.41) is 7.28. The average molecular weight is 452 g/mol. The van der Waals surface area contributed by atoms with Gasteiger partial charge in [-0.25, -0.2) is 0 Å². The third kappa shape index (κ3) is 6.18. The van der Waals surface area contributed by atoms with E-state index in [1.807, 2.05) is 12.1 Å². The van der Waals surface area contributed by atoms with E-state index in [9.17, 15) is 9.59 Å². The van der Waals surface area contributed by atoms with Gasteiger partial charge in [-0.2, -0.15) is 0 Å². The van der Waals surface area contributed by atoms with Crippen molar-refractivity contribution in [2.45, 2.75) is 13.0 Å². The van der Waals surface area contributed by atoms with E-state index in [2.05, 4.69) is 0 Å². The summed E-state index contributed by atoms with van der Waals surface area (Å²) < 4.78 is 20.9. The maximum Gasteiger partial charge on any atom is 0.257 e. The van der Waals surface area contributed by atoms with Gasteiger partial charge in [-0.3, -0.25) is 9.59 Å². The van der Waals surface area contributed by atoms with Crippen LogP contribution in [0.4, 0.5) is 0 Å². The Labute approximate surface area is 186 Å². The molecule has 1 N–H and O–H groups in total. The van der Waals surface area contributed by atoms with Crippen LogP contribution >= 0.6 is 11.6 Å². The molecule has 31 heavy (non-hydrogen) atoms. The van der Waals surface area contributed by atoms with Crippen LogP contribution in [0.25, 0.3) is 0 Å². The summed E-state index contributed by atoms with van der Waals surface area (Å²) in [5.74, 6) is 0.456. The summed E-state index contributed by atoms with van der Waals surface area (Å²) in [5.41, 5.74) is 3.05. The van der Waals surface area contributed by atoms with Crippen LogP contribution in [0, 0.1) is 0 Å². The van der Waals surface area contributed by atoms with E-state index in [4.69, 9.17) is 35.7 Å². The van der Waals surface area contributed by atoms with Gasteiger partial charge in [0.15, 0.2) is 13.6 Å². The van der Waals surface area contributed by atoms with E-state index in [1.54, 1.807) is 17.0 Å². The van der Waals surface area contributed by atoms with Crippen molar-refractivity contribution in [3.63, 3.8) is 0 Å². The lowest BCUT2D eigenvalue weighted by molar-refractivity contribution is 0.0448. The first-order valence-electron chi connectivity index (χ1n) is 9.45. The Balaban J connectivity index is 0.00000166. The van der Waals surface area contributed by atoms with Crippen LogP contribution in [-0.2, 0) is 22.4 Å². The number of carbonyl (C=O) groups excluding carboxylic acids is 2. The molecule has 2 aromatic carbocycles. The molecule has 168 valence electrons. The third-order valence-corrected chi connectivity index (χ3v) is 4.89. The Morgan fingerprint density at radius 2 is 1.74 bits per heavy atom. The highest BCUT2D eigenvalue weighted by molar-refractivity contribution is 6.32. The highest BCUT2D eigenvalue weighted by atomic mass is 35.5. The third-order valence-electron chi connectivity index (χ3n) is 4.59. The van der Waals surface area contributed by atoms with Crippen LogP contribution in [0.5, 0.6) is 11.5 Å². The molecule has 9 heteroatoms. The van der Waals surface area contributed by atoms with E-state index in [0.717, 1.165) is 24.5 Å².